The highest BCUT2D eigenvalue weighted by Crippen LogP contribution is 2.14. The molecule has 0 saturated heterocycles. The molecule has 0 saturated carbocycles. The molecule has 0 aliphatic carbocycles. The molecule has 112 valence electrons. The van der Waals surface area contributed by atoms with Crippen LogP contribution in [0.3, 0.4) is 0 Å². The van der Waals surface area contributed by atoms with Gasteiger partial charge in [0.1, 0.15) is 0 Å². The first-order valence-corrected chi connectivity index (χ1v) is 7.45. The van der Waals surface area contributed by atoms with Gasteiger partial charge in [-0.25, -0.2) is 9.67 Å². The van der Waals surface area contributed by atoms with E-state index < -0.39 is 0 Å². The molecule has 21 heavy (non-hydrogen) atoms. The molecule has 0 aliphatic heterocycles. The summed E-state index contributed by atoms with van der Waals surface area (Å²) in [4.78, 5) is 8.62. The highest BCUT2D eigenvalue weighted by atomic mass is 79.9. The molecule has 0 amide bonds. The van der Waals surface area contributed by atoms with Crippen molar-refractivity contribution in [2.75, 3.05) is 28.2 Å². The number of halogens is 1. The van der Waals surface area contributed by atoms with Crippen LogP contribution in [-0.2, 0) is 6.54 Å². The molecular formula is C15H20BrN5. The third-order valence-electron chi connectivity index (χ3n) is 2.93. The molecule has 1 aromatic carbocycles. The predicted octanol–water partition coefficient (Wildman–Crippen LogP) is 2.61. The number of benzene rings is 1. The molecule has 1 heterocycles. The van der Waals surface area contributed by atoms with Crippen molar-refractivity contribution in [3.63, 3.8) is 0 Å². The predicted molar refractivity (Wildman–Crippen MR) is 89.8 cm³/mol. The molecule has 0 radical (unpaired) electrons. The van der Waals surface area contributed by atoms with Gasteiger partial charge in [-0.3, -0.25) is 0 Å². The maximum atomic E-state index is 4.62. The Morgan fingerprint density at radius 2 is 1.76 bits per heavy atom. The second-order valence-corrected chi connectivity index (χ2v) is 6.09. The highest BCUT2D eigenvalue weighted by molar-refractivity contribution is 9.10. The van der Waals surface area contributed by atoms with Crippen LogP contribution >= 0.6 is 15.9 Å². The van der Waals surface area contributed by atoms with Gasteiger partial charge in [-0.1, -0.05) is 15.9 Å². The zero-order chi connectivity index (χ0) is 15.4. The van der Waals surface area contributed by atoms with Crippen molar-refractivity contribution in [1.29, 1.82) is 0 Å². The van der Waals surface area contributed by atoms with Crippen LogP contribution in [0.25, 0.3) is 5.69 Å². The minimum absolute atomic E-state index is 0.613. The number of guanidine groups is 1. The molecule has 0 aliphatic rings. The quantitative estimate of drug-likeness (QED) is 0.631. The van der Waals surface area contributed by atoms with E-state index in [0.717, 1.165) is 21.7 Å². The Kier molecular flexibility index (Phi) is 5.01. The van der Waals surface area contributed by atoms with E-state index in [1.165, 1.54) is 0 Å². The normalized spacial score (nSPS) is 10.3. The number of rotatable bonds is 3. The van der Waals surface area contributed by atoms with Crippen molar-refractivity contribution in [1.82, 2.24) is 19.6 Å². The number of nitrogens with zero attached hydrogens (tertiary/aromatic N) is 5. The summed E-state index contributed by atoms with van der Waals surface area (Å²) in [5.41, 5.74) is 2.12. The lowest BCUT2D eigenvalue weighted by Crippen LogP contribution is -2.35. The van der Waals surface area contributed by atoms with E-state index in [0.29, 0.717) is 6.54 Å². The Morgan fingerprint density at radius 3 is 2.33 bits per heavy atom. The van der Waals surface area contributed by atoms with Crippen molar-refractivity contribution in [3.8, 4) is 5.69 Å². The summed E-state index contributed by atoms with van der Waals surface area (Å²) in [6.07, 6.45) is 3.87. The Bertz CT molecular complexity index is 603. The van der Waals surface area contributed by atoms with Crippen molar-refractivity contribution in [2.45, 2.75) is 6.54 Å². The molecule has 1 aromatic heterocycles. The largest absolute Gasteiger partial charge is 0.349 e. The second-order valence-electron chi connectivity index (χ2n) is 5.17. The fourth-order valence-electron chi connectivity index (χ4n) is 2.02. The number of aliphatic imine (C=N–C) groups is 1. The first-order valence-electron chi connectivity index (χ1n) is 6.66. The van der Waals surface area contributed by atoms with Crippen molar-refractivity contribution in [3.05, 3.63) is 46.7 Å². The van der Waals surface area contributed by atoms with Crippen LogP contribution < -0.4 is 0 Å². The van der Waals surface area contributed by atoms with Crippen molar-refractivity contribution < 1.29 is 0 Å². The fraction of sp³-hybridized carbons (Fsp3) is 0.333. The Morgan fingerprint density at radius 1 is 1.14 bits per heavy atom. The van der Waals surface area contributed by atoms with E-state index in [1.807, 2.05) is 79.3 Å². The van der Waals surface area contributed by atoms with Gasteiger partial charge in [0, 0.05) is 44.4 Å². The summed E-state index contributed by atoms with van der Waals surface area (Å²) < 4.78 is 2.92. The van der Waals surface area contributed by atoms with Crippen LogP contribution in [0.2, 0.25) is 0 Å². The molecule has 2 aromatic rings. The molecular weight excluding hydrogens is 330 g/mol. The van der Waals surface area contributed by atoms with Gasteiger partial charge in [0.2, 0.25) is 0 Å². The van der Waals surface area contributed by atoms with Gasteiger partial charge in [0.15, 0.2) is 5.96 Å². The lowest BCUT2D eigenvalue weighted by atomic mass is 10.3. The van der Waals surface area contributed by atoms with E-state index in [1.54, 1.807) is 0 Å². The van der Waals surface area contributed by atoms with E-state index in [2.05, 4.69) is 26.0 Å². The van der Waals surface area contributed by atoms with Crippen molar-refractivity contribution >= 4 is 21.9 Å². The summed E-state index contributed by atoms with van der Waals surface area (Å²) in [6.45, 7) is 0.613. The summed E-state index contributed by atoms with van der Waals surface area (Å²) in [5.74, 6) is 0.936. The second kappa shape index (κ2) is 6.76. The lowest BCUT2D eigenvalue weighted by molar-refractivity contribution is 0.479. The molecule has 6 heteroatoms. The summed E-state index contributed by atoms with van der Waals surface area (Å²) in [6, 6.07) is 8.06. The zero-order valence-electron chi connectivity index (χ0n) is 12.8. The molecule has 0 spiro atoms. The standard InChI is InChI=1S/C15H20BrN5/c1-19(2)15(20(3)4)17-9-12-10-18-21(11-12)14-7-5-13(16)6-8-14/h5-8,10-11H,9H2,1-4H3. The Balaban J connectivity index is 2.13. The zero-order valence-corrected chi connectivity index (χ0v) is 14.4. The summed E-state index contributed by atoms with van der Waals surface area (Å²) in [7, 11) is 7.96. The molecule has 5 nitrogen and oxygen atoms in total. The smallest absolute Gasteiger partial charge is 0.195 e. The lowest BCUT2D eigenvalue weighted by Gasteiger charge is -2.22. The van der Waals surface area contributed by atoms with Gasteiger partial charge in [-0.2, -0.15) is 5.10 Å². The Labute approximate surface area is 134 Å². The first kappa shape index (κ1) is 15.6. The van der Waals surface area contributed by atoms with E-state index in [4.69, 9.17) is 0 Å². The fourth-order valence-corrected chi connectivity index (χ4v) is 2.29. The maximum absolute atomic E-state index is 4.62. The maximum Gasteiger partial charge on any atom is 0.195 e. The molecule has 0 fully saturated rings. The molecule has 0 atom stereocenters. The van der Waals surface area contributed by atoms with Gasteiger partial charge in [0.25, 0.3) is 0 Å². The highest BCUT2D eigenvalue weighted by Gasteiger charge is 2.05. The topological polar surface area (TPSA) is 36.7 Å². The monoisotopic (exact) mass is 349 g/mol. The van der Waals surface area contributed by atoms with Crippen LogP contribution in [0.5, 0.6) is 0 Å². The summed E-state index contributed by atoms with van der Waals surface area (Å²) in [5, 5.41) is 4.39. The van der Waals surface area contributed by atoms with Gasteiger partial charge >= 0.3 is 0 Å². The summed E-state index contributed by atoms with van der Waals surface area (Å²) >= 11 is 3.43. The SMILES string of the molecule is CN(C)C(=NCc1cnn(-c2ccc(Br)cc2)c1)N(C)C. The van der Waals surface area contributed by atoms with Crippen LogP contribution in [0.15, 0.2) is 46.1 Å². The minimum Gasteiger partial charge on any atom is -0.349 e. The van der Waals surface area contributed by atoms with Gasteiger partial charge in [-0.05, 0) is 24.3 Å². The van der Waals surface area contributed by atoms with Crippen LogP contribution in [0.4, 0.5) is 0 Å². The molecule has 0 N–H and O–H groups in total. The van der Waals surface area contributed by atoms with Crippen LogP contribution in [-0.4, -0.2) is 53.7 Å². The minimum atomic E-state index is 0.613. The van der Waals surface area contributed by atoms with Gasteiger partial charge in [0.05, 0.1) is 18.4 Å². The molecule has 2 rings (SSSR count). The third-order valence-corrected chi connectivity index (χ3v) is 3.46. The number of aromatic nitrogens is 2. The average molecular weight is 350 g/mol. The van der Waals surface area contributed by atoms with Crippen molar-refractivity contribution in [2.24, 2.45) is 4.99 Å². The average Bonchev–Trinajstić information content (AvgIpc) is 2.87. The van der Waals surface area contributed by atoms with E-state index in [9.17, 15) is 0 Å². The molecule has 0 bridgehead atoms. The number of hydrogen-bond donors (Lipinski definition) is 0. The number of hydrogen-bond acceptors (Lipinski definition) is 2. The van der Waals surface area contributed by atoms with Gasteiger partial charge < -0.3 is 9.80 Å². The molecule has 0 unspecified atom stereocenters. The van der Waals surface area contributed by atoms with Crippen LogP contribution in [0.1, 0.15) is 5.56 Å². The van der Waals surface area contributed by atoms with E-state index in [-0.39, 0.29) is 0 Å². The van der Waals surface area contributed by atoms with E-state index >= 15 is 0 Å². The third kappa shape index (κ3) is 4.07. The van der Waals surface area contributed by atoms with Gasteiger partial charge in [-0.15, -0.1) is 0 Å². The Hall–Kier alpha value is -1.82. The van der Waals surface area contributed by atoms with Crippen LogP contribution in [0, 0.1) is 0 Å². The first-order chi connectivity index (χ1) is 9.97.